The van der Waals surface area contributed by atoms with Crippen LogP contribution in [-0.4, -0.2) is 25.5 Å². The lowest BCUT2D eigenvalue weighted by Crippen LogP contribution is -2.11. The van der Waals surface area contributed by atoms with Gasteiger partial charge >= 0.3 is 0 Å². The summed E-state index contributed by atoms with van der Waals surface area (Å²) in [7, 11) is 0. The molecule has 0 spiro atoms. The molecule has 2 rings (SSSR count). The van der Waals surface area contributed by atoms with E-state index in [0.717, 1.165) is 30.8 Å². The summed E-state index contributed by atoms with van der Waals surface area (Å²) in [4.78, 5) is 12.2. The molecule has 1 heterocycles. The van der Waals surface area contributed by atoms with Crippen molar-refractivity contribution in [2.75, 3.05) is 19.7 Å². The number of carbonyl (C=O) groups excluding carboxylic acids is 1. The summed E-state index contributed by atoms with van der Waals surface area (Å²) in [5.74, 6) is 1.58. The molecule has 0 amide bonds. The van der Waals surface area contributed by atoms with Crippen molar-refractivity contribution in [2.24, 2.45) is 5.92 Å². The zero-order valence-corrected chi connectivity index (χ0v) is 10.9. The summed E-state index contributed by atoms with van der Waals surface area (Å²) in [6.45, 7) is 4.68. The molecule has 1 N–H and O–H groups in total. The zero-order valence-electron chi connectivity index (χ0n) is 10.9. The van der Waals surface area contributed by atoms with Crippen LogP contribution in [-0.2, 0) is 0 Å². The van der Waals surface area contributed by atoms with Crippen LogP contribution in [0.3, 0.4) is 0 Å². The molecule has 0 aromatic heterocycles. The first-order valence-electron chi connectivity index (χ1n) is 6.77. The Bertz CT molecular complexity index is 397. The van der Waals surface area contributed by atoms with Crippen LogP contribution in [0, 0.1) is 5.92 Å². The predicted octanol–water partition coefficient (Wildman–Crippen LogP) is 2.66. The number of ether oxygens (including phenoxy) is 1. The second-order valence-corrected chi connectivity index (χ2v) is 4.75. The summed E-state index contributed by atoms with van der Waals surface area (Å²) in [6, 6.07) is 7.53. The summed E-state index contributed by atoms with van der Waals surface area (Å²) in [6.07, 6.45) is 2.79. The summed E-state index contributed by atoms with van der Waals surface area (Å²) in [5.41, 5.74) is 0.727. The fraction of sp³-hybridized carbons (Fsp3) is 0.533. The van der Waals surface area contributed by atoms with Crippen molar-refractivity contribution in [3.05, 3.63) is 29.8 Å². The number of hydrogen-bond acceptors (Lipinski definition) is 3. The Morgan fingerprint density at radius 2 is 2.28 bits per heavy atom. The second kappa shape index (κ2) is 6.55. The Balaban J connectivity index is 1.94. The van der Waals surface area contributed by atoms with Crippen LogP contribution in [0.2, 0.25) is 0 Å². The summed E-state index contributed by atoms with van der Waals surface area (Å²) < 4.78 is 5.50. The Kier molecular flexibility index (Phi) is 4.76. The maximum absolute atomic E-state index is 12.2. The highest BCUT2D eigenvalue weighted by Gasteiger charge is 2.17. The average Bonchev–Trinajstić information content (AvgIpc) is 2.90. The zero-order chi connectivity index (χ0) is 12.8. The maximum Gasteiger partial charge on any atom is 0.166 e. The van der Waals surface area contributed by atoms with Crippen LogP contribution in [0.5, 0.6) is 5.75 Å². The first-order chi connectivity index (χ1) is 8.81. The molecular formula is C15H21NO2. The van der Waals surface area contributed by atoms with Gasteiger partial charge < -0.3 is 10.1 Å². The fourth-order valence-corrected chi connectivity index (χ4v) is 2.41. The molecule has 98 valence electrons. The molecule has 0 bridgehead atoms. The lowest BCUT2D eigenvalue weighted by molar-refractivity contribution is 0.0971. The molecule has 1 aromatic rings. The molecule has 0 saturated carbocycles. The van der Waals surface area contributed by atoms with Gasteiger partial charge in [-0.25, -0.2) is 0 Å². The van der Waals surface area contributed by atoms with Gasteiger partial charge in [0.25, 0.3) is 0 Å². The van der Waals surface area contributed by atoms with Gasteiger partial charge in [-0.05, 0) is 50.9 Å². The van der Waals surface area contributed by atoms with Crippen LogP contribution in [0.15, 0.2) is 24.3 Å². The monoisotopic (exact) mass is 247 g/mol. The smallest absolute Gasteiger partial charge is 0.166 e. The van der Waals surface area contributed by atoms with Gasteiger partial charge in [0.1, 0.15) is 5.75 Å². The van der Waals surface area contributed by atoms with E-state index in [9.17, 15) is 4.79 Å². The van der Waals surface area contributed by atoms with Gasteiger partial charge in [0.15, 0.2) is 5.78 Å². The molecule has 1 saturated heterocycles. The van der Waals surface area contributed by atoms with E-state index in [1.54, 1.807) is 0 Å². The van der Waals surface area contributed by atoms with Gasteiger partial charge in [-0.2, -0.15) is 0 Å². The van der Waals surface area contributed by atoms with E-state index in [1.165, 1.54) is 6.42 Å². The normalized spacial score (nSPS) is 18.8. The maximum atomic E-state index is 12.2. The molecule has 0 radical (unpaired) electrons. The Morgan fingerprint density at radius 1 is 1.44 bits per heavy atom. The standard InChI is InChI=1S/C15H21NO2/c1-2-18-15-6-4-3-5-13(15)14(17)8-7-12-9-10-16-11-12/h3-6,12,16H,2,7-11H2,1H3. The second-order valence-electron chi connectivity index (χ2n) is 4.75. The van der Waals surface area contributed by atoms with Gasteiger partial charge in [0.2, 0.25) is 0 Å². The quantitative estimate of drug-likeness (QED) is 0.785. The highest BCUT2D eigenvalue weighted by molar-refractivity contribution is 5.98. The van der Waals surface area contributed by atoms with Crippen molar-refractivity contribution in [1.82, 2.24) is 5.32 Å². The Morgan fingerprint density at radius 3 is 3.00 bits per heavy atom. The molecule has 18 heavy (non-hydrogen) atoms. The first kappa shape index (κ1) is 13.1. The first-order valence-corrected chi connectivity index (χ1v) is 6.77. The van der Waals surface area contributed by atoms with Crippen molar-refractivity contribution < 1.29 is 9.53 Å². The number of ketones is 1. The van der Waals surface area contributed by atoms with Crippen LogP contribution in [0.4, 0.5) is 0 Å². The van der Waals surface area contributed by atoms with Crippen LogP contribution < -0.4 is 10.1 Å². The van der Waals surface area contributed by atoms with E-state index >= 15 is 0 Å². The average molecular weight is 247 g/mol. The molecular weight excluding hydrogens is 226 g/mol. The van der Waals surface area contributed by atoms with Gasteiger partial charge in [-0.3, -0.25) is 4.79 Å². The Labute approximate surface area is 109 Å². The Hall–Kier alpha value is -1.35. The molecule has 3 nitrogen and oxygen atoms in total. The minimum Gasteiger partial charge on any atom is -0.493 e. The van der Waals surface area contributed by atoms with E-state index in [1.807, 2.05) is 31.2 Å². The van der Waals surface area contributed by atoms with Gasteiger partial charge in [-0.15, -0.1) is 0 Å². The molecule has 1 fully saturated rings. The molecule has 1 aliphatic heterocycles. The molecule has 3 heteroatoms. The van der Waals surface area contributed by atoms with E-state index < -0.39 is 0 Å². The van der Waals surface area contributed by atoms with E-state index in [0.29, 0.717) is 18.9 Å². The number of hydrogen-bond donors (Lipinski definition) is 1. The van der Waals surface area contributed by atoms with Crippen molar-refractivity contribution in [2.45, 2.75) is 26.2 Å². The number of benzene rings is 1. The number of carbonyl (C=O) groups is 1. The van der Waals surface area contributed by atoms with Crippen LogP contribution in [0.1, 0.15) is 36.5 Å². The van der Waals surface area contributed by atoms with Crippen molar-refractivity contribution in [3.8, 4) is 5.75 Å². The van der Waals surface area contributed by atoms with Crippen LogP contribution >= 0.6 is 0 Å². The highest BCUT2D eigenvalue weighted by atomic mass is 16.5. The predicted molar refractivity (Wildman–Crippen MR) is 72.2 cm³/mol. The van der Waals surface area contributed by atoms with Crippen molar-refractivity contribution in [1.29, 1.82) is 0 Å². The molecule has 1 unspecified atom stereocenters. The van der Waals surface area contributed by atoms with Crippen molar-refractivity contribution >= 4 is 5.78 Å². The minimum absolute atomic E-state index is 0.200. The van der Waals surface area contributed by atoms with Gasteiger partial charge in [-0.1, -0.05) is 12.1 Å². The van der Waals surface area contributed by atoms with E-state index in [-0.39, 0.29) is 5.78 Å². The summed E-state index contributed by atoms with van der Waals surface area (Å²) in [5, 5.41) is 3.33. The van der Waals surface area contributed by atoms with Crippen molar-refractivity contribution in [3.63, 3.8) is 0 Å². The third kappa shape index (κ3) is 3.33. The van der Waals surface area contributed by atoms with Gasteiger partial charge in [0.05, 0.1) is 12.2 Å². The molecule has 1 aromatic carbocycles. The minimum atomic E-state index is 0.200. The number of Topliss-reactive ketones (excluding diaryl/α,β-unsaturated/α-hetero) is 1. The largest absolute Gasteiger partial charge is 0.493 e. The van der Waals surface area contributed by atoms with Crippen LogP contribution in [0.25, 0.3) is 0 Å². The molecule has 0 aliphatic carbocycles. The number of para-hydroxylation sites is 1. The number of nitrogens with one attached hydrogen (secondary N) is 1. The third-order valence-electron chi connectivity index (χ3n) is 3.43. The van der Waals surface area contributed by atoms with E-state index in [2.05, 4.69) is 5.32 Å². The summed E-state index contributed by atoms with van der Waals surface area (Å²) >= 11 is 0. The van der Waals surface area contributed by atoms with Gasteiger partial charge in [0, 0.05) is 6.42 Å². The SMILES string of the molecule is CCOc1ccccc1C(=O)CCC1CCNC1. The third-order valence-corrected chi connectivity index (χ3v) is 3.43. The topological polar surface area (TPSA) is 38.3 Å². The number of rotatable bonds is 6. The lowest BCUT2D eigenvalue weighted by atomic mass is 9.98. The fourth-order valence-electron chi connectivity index (χ4n) is 2.41. The lowest BCUT2D eigenvalue weighted by Gasteiger charge is -2.10. The van der Waals surface area contributed by atoms with E-state index in [4.69, 9.17) is 4.74 Å². The molecule has 1 aliphatic rings. The molecule has 1 atom stereocenters. The highest BCUT2D eigenvalue weighted by Crippen LogP contribution is 2.22.